The lowest BCUT2D eigenvalue weighted by atomic mass is 10.2. The van der Waals surface area contributed by atoms with Gasteiger partial charge < -0.3 is 14.2 Å². The van der Waals surface area contributed by atoms with Crippen molar-refractivity contribution in [3.63, 3.8) is 0 Å². The van der Waals surface area contributed by atoms with Gasteiger partial charge in [0.2, 0.25) is 0 Å². The predicted molar refractivity (Wildman–Crippen MR) is 97.4 cm³/mol. The molecular formula is C20H24FNO4. The lowest BCUT2D eigenvalue weighted by molar-refractivity contribution is -0.129. The maximum Gasteiger partial charge on any atom is 0.414 e. The highest BCUT2D eigenvalue weighted by Gasteiger charge is 2.23. The first-order valence-electron chi connectivity index (χ1n) is 8.61. The van der Waals surface area contributed by atoms with Crippen molar-refractivity contribution in [1.29, 1.82) is 0 Å². The third-order valence-corrected chi connectivity index (χ3v) is 3.58. The summed E-state index contributed by atoms with van der Waals surface area (Å²) >= 11 is 0. The Hall–Kier alpha value is -2.44. The summed E-state index contributed by atoms with van der Waals surface area (Å²) in [4.78, 5) is 14.0. The fourth-order valence-electron chi connectivity index (χ4n) is 2.40. The van der Waals surface area contributed by atoms with Gasteiger partial charge in [-0.3, -0.25) is 4.90 Å². The van der Waals surface area contributed by atoms with Crippen molar-refractivity contribution in [3.05, 3.63) is 66.0 Å². The number of amides is 1. The highest BCUT2D eigenvalue weighted by Crippen LogP contribution is 2.19. The molecule has 140 valence electrons. The normalized spacial score (nSPS) is 10.8. The van der Waals surface area contributed by atoms with Crippen LogP contribution in [-0.4, -0.2) is 32.1 Å². The van der Waals surface area contributed by atoms with Crippen LogP contribution in [0.2, 0.25) is 0 Å². The van der Waals surface area contributed by atoms with Crippen LogP contribution < -0.4 is 4.90 Å². The quantitative estimate of drug-likeness (QED) is 0.623. The van der Waals surface area contributed by atoms with Crippen LogP contribution >= 0.6 is 0 Å². The molecule has 1 amide bonds. The molecule has 0 aliphatic heterocycles. The number of benzene rings is 2. The first kappa shape index (κ1) is 19.9. The zero-order valence-electron chi connectivity index (χ0n) is 15.1. The number of ether oxygens (including phenoxy) is 3. The van der Waals surface area contributed by atoms with Gasteiger partial charge in [0.1, 0.15) is 12.4 Å². The van der Waals surface area contributed by atoms with Gasteiger partial charge in [-0.2, -0.15) is 0 Å². The van der Waals surface area contributed by atoms with Crippen molar-refractivity contribution < 1.29 is 23.4 Å². The molecule has 0 saturated heterocycles. The summed E-state index contributed by atoms with van der Waals surface area (Å²) in [5, 5.41) is 0. The largest absolute Gasteiger partial charge is 0.444 e. The van der Waals surface area contributed by atoms with Crippen molar-refractivity contribution in [2.45, 2.75) is 26.7 Å². The van der Waals surface area contributed by atoms with Crippen LogP contribution in [0, 0.1) is 5.82 Å². The number of hydrogen-bond acceptors (Lipinski definition) is 4. The Balaban J connectivity index is 2.14. The van der Waals surface area contributed by atoms with E-state index in [0.29, 0.717) is 18.9 Å². The molecule has 0 saturated carbocycles. The smallest absolute Gasteiger partial charge is 0.414 e. The van der Waals surface area contributed by atoms with E-state index in [9.17, 15) is 9.18 Å². The highest BCUT2D eigenvalue weighted by molar-refractivity contribution is 5.87. The van der Waals surface area contributed by atoms with E-state index in [0.717, 1.165) is 5.56 Å². The highest BCUT2D eigenvalue weighted by atomic mass is 19.1. The summed E-state index contributed by atoms with van der Waals surface area (Å²) in [5.74, 6) is -0.437. The van der Waals surface area contributed by atoms with Gasteiger partial charge in [0.25, 0.3) is 0 Å². The van der Waals surface area contributed by atoms with Crippen LogP contribution in [0.1, 0.15) is 19.4 Å². The minimum atomic E-state index is -0.627. The number of rotatable bonds is 9. The maximum atomic E-state index is 13.6. The van der Waals surface area contributed by atoms with Crippen LogP contribution in [0.3, 0.4) is 0 Å². The molecule has 0 heterocycles. The second kappa shape index (κ2) is 10.5. The van der Waals surface area contributed by atoms with Crippen molar-refractivity contribution in [2.75, 3.05) is 24.7 Å². The third kappa shape index (κ3) is 6.13. The molecule has 0 N–H and O–H groups in total. The van der Waals surface area contributed by atoms with E-state index in [1.165, 1.54) is 17.0 Å². The molecule has 0 spiro atoms. The second-order valence-electron chi connectivity index (χ2n) is 5.47. The van der Waals surface area contributed by atoms with E-state index < -0.39 is 18.2 Å². The molecule has 0 atom stereocenters. The molecule has 5 nitrogen and oxygen atoms in total. The zero-order valence-corrected chi connectivity index (χ0v) is 15.1. The molecule has 2 aromatic rings. The number of halogens is 1. The number of carbonyl (C=O) groups excluding carboxylic acids is 1. The zero-order chi connectivity index (χ0) is 18.8. The lowest BCUT2D eigenvalue weighted by Gasteiger charge is -2.27. The summed E-state index contributed by atoms with van der Waals surface area (Å²) in [5.41, 5.74) is 1.25. The van der Waals surface area contributed by atoms with E-state index in [4.69, 9.17) is 14.2 Å². The van der Waals surface area contributed by atoms with Gasteiger partial charge in [-0.25, -0.2) is 9.18 Å². The molecule has 0 radical (unpaired) electrons. The first-order valence-corrected chi connectivity index (χ1v) is 8.61. The van der Waals surface area contributed by atoms with E-state index in [-0.39, 0.29) is 13.2 Å². The minimum Gasteiger partial charge on any atom is -0.444 e. The molecule has 2 aromatic carbocycles. The molecule has 0 bridgehead atoms. The van der Waals surface area contributed by atoms with Gasteiger partial charge in [0, 0.05) is 13.2 Å². The maximum absolute atomic E-state index is 13.6. The van der Waals surface area contributed by atoms with E-state index in [1.54, 1.807) is 12.1 Å². The second-order valence-corrected chi connectivity index (χ2v) is 5.47. The van der Waals surface area contributed by atoms with Gasteiger partial charge in [0.15, 0.2) is 6.29 Å². The molecule has 0 aliphatic rings. The Morgan fingerprint density at radius 1 is 1.04 bits per heavy atom. The summed E-state index contributed by atoms with van der Waals surface area (Å²) in [7, 11) is 0. The van der Waals surface area contributed by atoms with Gasteiger partial charge in [-0.05, 0) is 37.6 Å². The SMILES string of the molecule is CCOC(CN(C(=O)OCc1ccccc1)c1cccc(F)c1)OCC. The summed E-state index contributed by atoms with van der Waals surface area (Å²) in [6, 6.07) is 15.1. The van der Waals surface area contributed by atoms with Gasteiger partial charge >= 0.3 is 6.09 Å². The summed E-state index contributed by atoms with van der Waals surface area (Å²) in [6.07, 6.45) is -1.22. The molecule has 6 heteroatoms. The Morgan fingerprint density at radius 3 is 2.35 bits per heavy atom. The Labute approximate surface area is 153 Å². The number of nitrogens with zero attached hydrogens (tertiary/aromatic N) is 1. The topological polar surface area (TPSA) is 48.0 Å². The fraction of sp³-hybridized carbons (Fsp3) is 0.350. The van der Waals surface area contributed by atoms with Crippen LogP contribution in [0.25, 0.3) is 0 Å². The predicted octanol–water partition coefficient (Wildman–Crippen LogP) is 4.37. The molecule has 26 heavy (non-hydrogen) atoms. The molecule has 0 unspecified atom stereocenters. The third-order valence-electron chi connectivity index (χ3n) is 3.58. The van der Waals surface area contributed by atoms with Gasteiger partial charge in [0.05, 0.1) is 12.2 Å². The molecule has 2 rings (SSSR count). The molecule has 0 aromatic heterocycles. The Morgan fingerprint density at radius 2 is 1.73 bits per heavy atom. The Bertz CT molecular complexity index is 675. The number of carbonyl (C=O) groups is 1. The van der Waals surface area contributed by atoms with Gasteiger partial charge in [-0.15, -0.1) is 0 Å². The standard InChI is InChI=1S/C20H24FNO4/c1-3-24-19(25-4-2)14-22(18-12-8-11-17(21)13-18)20(23)26-15-16-9-6-5-7-10-16/h5-13,19H,3-4,14-15H2,1-2H3. The average Bonchev–Trinajstić information content (AvgIpc) is 2.65. The van der Waals surface area contributed by atoms with Crippen LogP contribution in [0.15, 0.2) is 54.6 Å². The van der Waals surface area contributed by atoms with Gasteiger partial charge in [-0.1, -0.05) is 36.4 Å². The van der Waals surface area contributed by atoms with Crippen molar-refractivity contribution in [3.8, 4) is 0 Å². The molecule has 0 aliphatic carbocycles. The van der Waals surface area contributed by atoms with Crippen LogP contribution in [0.5, 0.6) is 0 Å². The average molecular weight is 361 g/mol. The summed E-state index contributed by atoms with van der Waals surface area (Å²) < 4.78 is 30.1. The minimum absolute atomic E-state index is 0.0960. The monoisotopic (exact) mass is 361 g/mol. The van der Waals surface area contributed by atoms with E-state index in [1.807, 2.05) is 44.2 Å². The van der Waals surface area contributed by atoms with Crippen molar-refractivity contribution in [1.82, 2.24) is 0 Å². The van der Waals surface area contributed by atoms with E-state index >= 15 is 0 Å². The van der Waals surface area contributed by atoms with Crippen LogP contribution in [-0.2, 0) is 20.8 Å². The number of anilines is 1. The molecular weight excluding hydrogens is 337 g/mol. The van der Waals surface area contributed by atoms with Crippen molar-refractivity contribution in [2.24, 2.45) is 0 Å². The molecule has 0 fully saturated rings. The fourth-order valence-corrected chi connectivity index (χ4v) is 2.40. The summed E-state index contributed by atoms with van der Waals surface area (Å²) in [6.45, 7) is 4.76. The van der Waals surface area contributed by atoms with E-state index in [2.05, 4.69) is 0 Å². The first-order chi connectivity index (χ1) is 12.6. The lowest BCUT2D eigenvalue weighted by Crippen LogP contribution is -2.40. The van der Waals surface area contributed by atoms with Crippen molar-refractivity contribution >= 4 is 11.8 Å². The Kier molecular flexibility index (Phi) is 8.05. The number of hydrogen-bond donors (Lipinski definition) is 0. The van der Waals surface area contributed by atoms with Crippen LogP contribution in [0.4, 0.5) is 14.9 Å².